The molecule has 0 radical (unpaired) electrons. The van der Waals surface area contributed by atoms with Gasteiger partial charge in [0.25, 0.3) is 5.91 Å². The van der Waals surface area contributed by atoms with Gasteiger partial charge < -0.3 is 9.47 Å². The maximum absolute atomic E-state index is 13.5. The van der Waals surface area contributed by atoms with Crippen LogP contribution >= 0.6 is 0 Å². The highest BCUT2D eigenvalue weighted by Crippen LogP contribution is 2.49. The average molecular weight is 407 g/mol. The van der Waals surface area contributed by atoms with Gasteiger partial charge in [-0.15, -0.1) is 0 Å². The molecule has 0 saturated carbocycles. The van der Waals surface area contributed by atoms with Gasteiger partial charge >= 0.3 is 0 Å². The van der Waals surface area contributed by atoms with Crippen molar-refractivity contribution in [1.82, 2.24) is 10.0 Å². The number of nitrogens with zero attached hydrogens (tertiary/aromatic N) is 3. The standard InChI is InChI=1S/C23H25N3O4/c1-3-30-18-11-7-16(8-12-18)26-22(27)19-20(15-5-9-17(29-2)10-6-15)24-13-4-14-25(24)21(19)23(26)28/h5-12,19-21H,3-4,13-14H2,1-2H3/t19-,20-,21-/m0/s1. The molecule has 7 nitrogen and oxygen atoms in total. The SMILES string of the molecule is CCOc1ccc(N2C(=O)[C@@H]3[C@@H](C2=O)N2CCCN2[C@H]3c2ccc(OC)cc2)cc1. The van der Waals surface area contributed by atoms with Crippen LogP contribution in [0.4, 0.5) is 5.69 Å². The molecule has 2 aromatic rings. The van der Waals surface area contributed by atoms with Gasteiger partial charge in [-0.05, 0) is 55.3 Å². The Morgan fingerprint density at radius 3 is 2.13 bits per heavy atom. The van der Waals surface area contributed by atoms with E-state index >= 15 is 0 Å². The first-order chi connectivity index (χ1) is 14.6. The minimum atomic E-state index is -0.446. The minimum Gasteiger partial charge on any atom is -0.497 e. The van der Waals surface area contributed by atoms with Crippen LogP contribution in [0, 0.1) is 5.92 Å². The molecule has 3 atom stereocenters. The number of imide groups is 1. The van der Waals surface area contributed by atoms with E-state index in [2.05, 4.69) is 10.0 Å². The van der Waals surface area contributed by atoms with Crippen LogP contribution in [0.25, 0.3) is 0 Å². The highest BCUT2D eigenvalue weighted by atomic mass is 16.5. The van der Waals surface area contributed by atoms with Crippen LogP contribution in [-0.2, 0) is 9.59 Å². The van der Waals surface area contributed by atoms with Crippen LogP contribution < -0.4 is 14.4 Å². The molecule has 0 unspecified atom stereocenters. The maximum atomic E-state index is 13.5. The van der Waals surface area contributed by atoms with E-state index < -0.39 is 12.0 Å². The molecule has 0 aliphatic carbocycles. The van der Waals surface area contributed by atoms with Gasteiger partial charge in [-0.25, -0.2) is 14.9 Å². The lowest BCUT2D eigenvalue weighted by atomic mass is 9.90. The van der Waals surface area contributed by atoms with Crippen molar-refractivity contribution >= 4 is 17.5 Å². The highest BCUT2D eigenvalue weighted by molar-refractivity contribution is 6.24. The van der Waals surface area contributed by atoms with Gasteiger partial charge in [0, 0.05) is 13.1 Å². The van der Waals surface area contributed by atoms with Crippen molar-refractivity contribution in [2.24, 2.45) is 5.92 Å². The van der Waals surface area contributed by atoms with Crippen LogP contribution in [0.1, 0.15) is 24.9 Å². The first-order valence-electron chi connectivity index (χ1n) is 10.4. The van der Waals surface area contributed by atoms with E-state index in [-0.39, 0.29) is 17.9 Å². The van der Waals surface area contributed by atoms with Gasteiger partial charge in [-0.3, -0.25) is 9.59 Å². The molecule has 0 bridgehead atoms. The summed E-state index contributed by atoms with van der Waals surface area (Å²) in [5.41, 5.74) is 1.63. The Balaban J connectivity index is 1.50. The number of anilines is 1. The van der Waals surface area contributed by atoms with E-state index in [1.165, 1.54) is 4.90 Å². The predicted octanol–water partition coefficient (Wildman–Crippen LogP) is 2.63. The number of carbonyl (C=O) groups is 2. The van der Waals surface area contributed by atoms with Gasteiger partial charge in [0.1, 0.15) is 17.5 Å². The molecule has 2 amide bonds. The molecular weight excluding hydrogens is 382 g/mol. The number of hydrazine groups is 1. The molecule has 30 heavy (non-hydrogen) atoms. The van der Waals surface area contributed by atoms with Crippen molar-refractivity contribution in [3.8, 4) is 11.5 Å². The molecule has 7 heteroatoms. The monoisotopic (exact) mass is 407 g/mol. The third kappa shape index (κ3) is 2.80. The summed E-state index contributed by atoms with van der Waals surface area (Å²) in [5, 5.41) is 4.32. The van der Waals surface area contributed by atoms with E-state index in [1.807, 2.05) is 31.2 Å². The molecule has 0 aromatic heterocycles. The molecule has 3 heterocycles. The highest BCUT2D eigenvalue weighted by Gasteiger charge is 2.62. The minimum absolute atomic E-state index is 0.135. The Morgan fingerprint density at radius 2 is 1.50 bits per heavy atom. The van der Waals surface area contributed by atoms with E-state index in [0.29, 0.717) is 12.3 Å². The van der Waals surface area contributed by atoms with Gasteiger partial charge in [-0.2, -0.15) is 0 Å². The number of hydrogen-bond acceptors (Lipinski definition) is 6. The zero-order valence-corrected chi connectivity index (χ0v) is 17.2. The summed E-state index contributed by atoms with van der Waals surface area (Å²) >= 11 is 0. The maximum Gasteiger partial charge on any atom is 0.253 e. The smallest absolute Gasteiger partial charge is 0.253 e. The molecule has 3 fully saturated rings. The van der Waals surface area contributed by atoms with Gasteiger partial charge in [-0.1, -0.05) is 12.1 Å². The lowest BCUT2D eigenvalue weighted by molar-refractivity contribution is -0.126. The molecule has 3 aliphatic rings. The number of amides is 2. The number of ether oxygens (including phenoxy) is 2. The molecule has 156 valence electrons. The van der Waals surface area contributed by atoms with E-state index in [1.54, 1.807) is 31.4 Å². The predicted molar refractivity (Wildman–Crippen MR) is 111 cm³/mol. The lowest BCUT2D eigenvalue weighted by Crippen LogP contribution is -2.44. The van der Waals surface area contributed by atoms with Gasteiger partial charge in [0.2, 0.25) is 5.91 Å². The number of rotatable bonds is 5. The zero-order valence-electron chi connectivity index (χ0n) is 17.2. The van der Waals surface area contributed by atoms with Crippen molar-refractivity contribution in [1.29, 1.82) is 0 Å². The second-order valence-electron chi connectivity index (χ2n) is 7.81. The molecule has 0 N–H and O–H groups in total. The summed E-state index contributed by atoms with van der Waals surface area (Å²) in [6.45, 7) is 4.14. The lowest BCUT2D eigenvalue weighted by Gasteiger charge is -2.29. The van der Waals surface area contributed by atoms with E-state index in [9.17, 15) is 9.59 Å². The summed E-state index contributed by atoms with van der Waals surface area (Å²) in [5.74, 6) is 0.804. The molecule has 0 spiro atoms. The van der Waals surface area contributed by atoms with Crippen molar-refractivity contribution in [2.75, 3.05) is 31.7 Å². The Hall–Kier alpha value is -2.90. The number of carbonyl (C=O) groups excluding carboxylic acids is 2. The number of benzene rings is 2. The van der Waals surface area contributed by atoms with E-state index in [4.69, 9.17) is 9.47 Å². The fourth-order valence-electron chi connectivity index (χ4n) is 5.03. The van der Waals surface area contributed by atoms with Gasteiger partial charge in [0.05, 0.1) is 31.4 Å². The van der Waals surface area contributed by atoms with Crippen molar-refractivity contribution in [2.45, 2.75) is 25.4 Å². The Labute approximate surface area is 175 Å². The number of hydrogen-bond donors (Lipinski definition) is 0. The van der Waals surface area contributed by atoms with Crippen molar-refractivity contribution in [3.05, 3.63) is 54.1 Å². The summed E-state index contributed by atoms with van der Waals surface area (Å²) in [4.78, 5) is 28.3. The summed E-state index contributed by atoms with van der Waals surface area (Å²) in [6, 6.07) is 14.4. The fourth-order valence-corrected chi connectivity index (χ4v) is 5.03. The van der Waals surface area contributed by atoms with Crippen molar-refractivity contribution in [3.63, 3.8) is 0 Å². The second-order valence-corrected chi connectivity index (χ2v) is 7.81. The van der Waals surface area contributed by atoms with Crippen LogP contribution in [0.2, 0.25) is 0 Å². The Kier molecular flexibility index (Phi) is 4.72. The topological polar surface area (TPSA) is 62.3 Å². The summed E-state index contributed by atoms with van der Waals surface area (Å²) < 4.78 is 10.8. The molecular formula is C23H25N3O4. The molecule has 3 aliphatic heterocycles. The average Bonchev–Trinajstić information content (AvgIpc) is 3.41. The Bertz CT molecular complexity index is 959. The first kappa shape index (κ1) is 19.1. The summed E-state index contributed by atoms with van der Waals surface area (Å²) in [6.07, 6.45) is 0.987. The molecule has 5 rings (SSSR count). The third-order valence-electron chi connectivity index (χ3n) is 6.27. The number of fused-ring (bicyclic) bond motifs is 3. The van der Waals surface area contributed by atoms with Crippen LogP contribution in [0.15, 0.2) is 48.5 Å². The third-order valence-corrected chi connectivity index (χ3v) is 6.27. The van der Waals surface area contributed by atoms with Crippen molar-refractivity contribution < 1.29 is 19.1 Å². The van der Waals surface area contributed by atoms with Crippen LogP contribution in [-0.4, -0.2) is 54.7 Å². The van der Waals surface area contributed by atoms with Crippen LogP contribution in [0.5, 0.6) is 11.5 Å². The largest absolute Gasteiger partial charge is 0.497 e. The normalized spacial score (nSPS) is 26.2. The first-order valence-corrected chi connectivity index (χ1v) is 10.4. The quantitative estimate of drug-likeness (QED) is 0.710. The fraction of sp³-hybridized carbons (Fsp3) is 0.391. The summed E-state index contributed by atoms with van der Waals surface area (Å²) in [7, 11) is 1.64. The zero-order chi connectivity index (χ0) is 20.8. The van der Waals surface area contributed by atoms with Gasteiger partial charge in [0.15, 0.2) is 0 Å². The van der Waals surface area contributed by atoms with E-state index in [0.717, 1.165) is 36.6 Å². The number of methoxy groups -OCH3 is 1. The Morgan fingerprint density at radius 1 is 0.867 bits per heavy atom. The molecule has 3 saturated heterocycles. The molecule has 2 aromatic carbocycles. The second kappa shape index (κ2) is 7.41. The van der Waals surface area contributed by atoms with Crippen LogP contribution in [0.3, 0.4) is 0 Å².